The Hall–Kier alpha value is -5.91. The van der Waals surface area contributed by atoms with Gasteiger partial charge < -0.3 is 77.6 Å². The summed E-state index contributed by atoms with van der Waals surface area (Å²) in [7, 11) is 0. The van der Waals surface area contributed by atoms with Crippen molar-refractivity contribution in [1.82, 2.24) is 52.1 Å². The van der Waals surface area contributed by atoms with E-state index in [1.807, 2.05) is 32.9 Å². The Kier molecular flexibility index (Phi) is 24.8. The van der Waals surface area contributed by atoms with Gasteiger partial charge in [-0.3, -0.25) is 33.6 Å². The molecule has 6 amide bonds. The van der Waals surface area contributed by atoms with Gasteiger partial charge in [0.15, 0.2) is 5.78 Å². The van der Waals surface area contributed by atoms with Crippen molar-refractivity contribution in [2.75, 3.05) is 49.8 Å². The van der Waals surface area contributed by atoms with Gasteiger partial charge in [0.1, 0.15) is 69.1 Å². The number of nitrogens with one attached hydrogen (secondary N) is 9. The number of thiocarbonyl (C=S) groups is 2. The molecule has 1 aromatic carbocycles. The van der Waals surface area contributed by atoms with E-state index in [2.05, 4.69) is 72.4 Å². The number of benzene rings is 1. The number of carboxylic acids is 1. The molecule has 3 heterocycles. The van der Waals surface area contributed by atoms with E-state index < -0.39 is 103 Å². The third kappa shape index (κ3) is 17.8. The predicted molar refractivity (Wildman–Crippen MR) is 298 cm³/mol. The summed E-state index contributed by atoms with van der Waals surface area (Å²) in [6.45, 7) is 3.63. The second kappa shape index (κ2) is 30.1. The maximum atomic E-state index is 14.6. The summed E-state index contributed by atoms with van der Waals surface area (Å²) < 4.78 is 0. The maximum absolute atomic E-state index is 14.6. The Morgan fingerprint density at radius 2 is 1.29 bits per heavy atom. The van der Waals surface area contributed by atoms with Crippen LogP contribution in [0.1, 0.15) is 84.3 Å². The number of aliphatic carboxylic acids is 1. The topological polar surface area (TPSA) is 357 Å². The minimum Gasteiger partial charge on any atom is -0.506 e. The summed E-state index contributed by atoms with van der Waals surface area (Å²) in [6, 6.07) is 1.07. The number of aromatic nitrogens is 2. The maximum Gasteiger partial charge on any atom is 0.326 e. The number of aromatic hydroxyl groups is 2. The molecule has 28 heteroatoms. The molecule has 0 aliphatic carbocycles. The zero-order valence-electron chi connectivity index (χ0n) is 42.1. The van der Waals surface area contributed by atoms with Gasteiger partial charge in [-0.2, -0.15) is 37.0 Å². The minimum absolute atomic E-state index is 0.000550. The number of carbonyl (C=O) groups excluding carboxylic acids is 7. The summed E-state index contributed by atoms with van der Waals surface area (Å²) in [5.74, 6) is -6.93. The largest absolute Gasteiger partial charge is 0.506 e. The standard InChI is InChI=1S/C48H66N10O13S5/c1-23(2)14-35(61)28-17-37(63)39(52-28)45(74)49-18-38(64)50-30(19-59)41(65)55-33(22-73)44(68)54-29(15-25-9-7-24(3)8-10-25)47(69)58-12-5-6-34(58)27-16-36(62)40(51-27)46(75)57-31(20-60)42(66)56-32(21-72)43(67)53-26(48(70)71)11-13-76-4/h7-10,16-17,23,26,29-34,51-52,59-60,62-63,72-73H,5-6,11-15,18-22H2,1-4H3,(H,49,74)(H,50,64)(H,53,67)(H,54,68)(H,55,65)(H,56,66)(H,57,75)(H,70,71). The molecule has 1 saturated heterocycles. The molecule has 1 fully saturated rings. The number of rotatable bonds is 29. The molecule has 4 rings (SSSR count). The third-order valence-electron chi connectivity index (χ3n) is 11.9. The van der Waals surface area contributed by atoms with Crippen molar-refractivity contribution in [2.45, 2.75) is 95.2 Å². The summed E-state index contributed by atoms with van der Waals surface area (Å²) in [5.41, 5.74) is 2.04. The van der Waals surface area contributed by atoms with Gasteiger partial charge in [0.2, 0.25) is 35.4 Å². The second-order valence-corrected chi connectivity index (χ2v) is 20.8. The predicted octanol–water partition coefficient (Wildman–Crippen LogP) is -0.0977. The highest BCUT2D eigenvalue weighted by molar-refractivity contribution is 7.98. The van der Waals surface area contributed by atoms with Gasteiger partial charge in [0.05, 0.1) is 31.5 Å². The third-order valence-corrected chi connectivity index (χ3v) is 14.0. The molecule has 0 bridgehead atoms. The van der Waals surface area contributed by atoms with Crippen molar-refractivity contribution in [2.24, 2.45) is 5.92 Å². The summed E-state index contributed by atoms with van der Waals surface area (Å²) >= 11 is 20.6. The van der Waals surface area contributed by atoms with Crippen LogP contribution in [0.15, 0.2) is 36.4 Å². The molecule has 14 N–H and O–H groups in total. The van der Waals surface area contributed by atoms with Crippen LogP contribution in [0.25, 0.3) is 0 Å². The van der Waals surface area contributed by atoms with Gasteiger partial charge in [0, 0.05) is 48.7 Å². The number of hydrogen-bond donors (Lipinski definition) is 16. The molecular formula is C48H66N10O13S5. The van der Waals surface area contributed by atoms with Crippen molar-refractivity contribution < 1.29 is 63.9 Å². The average molecular weight is 1150 g/mol. The van der Waals surface area contributed by atoms with E-state index in [0.29, 0.717) is 29.9 Å². The van der Waals surface area contributed by atoms with E-state index in [1.54, 1.807) is 18.4 Å². The van der Waals surface area contributed by atoms with Gasteiger partial charge in [-0.15, -0.1) is 0 Å². The molecule has 0 saturated carbocycles. The molecule has 3 aromatic rings. The first kappa shape index (κ1) is 62.6. The zero-order valence-corrected chi connectivity index (χ0v) is 46.4. The Labute approximate surface area is 464 Å². The quantitative estimate of drug-likeness (QED) is 0.0245. The number of Topliss-reactive ketones (excluding diaryl/α,β-unsaturated/α-hetero) is 1. The van der Waals surface area contributed by atoms with E-state index >= 15 is 0 Å². The number of thioether (sulfide) groups is 1. The Bertz CT molecular complexity index is 2580. The zero-order chi connectivity index (χ0) is 56.4. The normalized spacial score (nSPS) is 15.5. The van der Waals surface area contributed by atoms with Crippen LogP contribution < -0.4 is 37.2 Å². The van der Waals surface area contributed by atoms with Crippen molar-refractivity contribution in [3.8, 4) is 11.5 Å². The first-order valence-corrected chi connectivity index (χ1v) is 27.5. The molecule has 7 atom stereocenters. The van der Waals surface area contributed by atoms with Crippen LogP contribution in [-0.2, 0) is 40.0 Å². The Balaban J connectivity index is 1.44. The minimum atomic E-state index is -1.55. The van der Waals surface area contributed by atoms with E-state index in [1.165, 1.54) is 28.8 Å². The monoisotopic (exact) mass is 1150 g/mol. The average Bonchev–Trinajstić information content (AvgIpc) is 4.14. The second-order valence-electron chi connectivity index (χ2n) is 18.3. The number of H-pyrrole nitrogens is 2. The number of ketones is 1. The molecule has 23 nitrogen and oxygen atoms in total. The number of thiol groups is 2. The molecule has 416 valence electrons. The number of likely N-dealkylation sites (tertiary alicyclic amines) is 1. The summed E-state index contributed by atoms with van der Waals surface area (Å²) in [6.07, 6.45) is 3.07. The van der Waals surface area contributed by atoms with Crippen LogP contribution in [0, 0.1) is 12.8 Å². The number of nitrogens with zero attached hydrogens (tertiary/aromatic N) is 1. The Morgan fingerprint density at radius 3 is 1.84 bits per heavy atom. The number of carboxylic acid groups (broad SMARTS) is 1. The number of carbonyl (C=O) groups is 8. The lowest BCUT2D eigenvalue weighted by atomic mass is 10.0. The fraction of sp³-hybridized carbons (Fsp3) is 0.500. The molecule has 1 aliphatic rings. The molecule has 0 radical (unpaired) electrons. The van der Waals surface area contributed by atoms with Crippen LogP contribution in [-0.4, -0.2) is 184 Å². The van der Waals surface area contributed by atoms with Gasteiger partial charge in [-0.1, -0.05) is 68.1 Å². The van der Waals surface area contributed by atoms with Gasteiger partial charge in [-0.05, 0) is 49.7 Å². The van der Waals surface area contributed by atoms with Crippen LogP contribution in [0.3, 0.4) is 0 Å². The highest BCUT2D eigenvalue weighted by Crippen LogP contribution is 2.35. The van der Waals surface area contributed by atoms with Gasteiger partial charge >= 0.3 is 5.97 Å². The van der Waals surface area contributed by atoms with Crippen LogP contribution >= 0.6 is 61.5 Å². The van der Waals surface area contributed by atoms with Crippen LogP contribution in [0.4, 0.5) is 0 Å². The number of aliphatic hydroxyl groups excluding tert-OH is 2. The number of aryl methyl sites for hydroxylation is 1. The number of aliphatic hydroxyl groups is 2. The van der Waals surface area contributed by atoms with Gasteiger partial charge in [-0.25, -0.2) is 4.79 Å². The highest BCUT2D eigenvalue weighted by atomic mass is 32.2. The van der Waals surface area contributed by atoms with Crippen molar-refractivity contribution in [1.29, 1.82) is 0 Å². The van der Waals surface area contributed by atoms with E-state index in [0.717, 1.165) is 5.56 Å². The van der Waals surface area contributed by atoms with Crippen molar-refractivity contribution in [3.63, 3.8) is 0 Å². The summed E-state index contributed by atoms with van der Waals surface area (Å²) in [4.78, 5) is 112. The lowest BCUT2D eigenvalue weighted by Crippen LogP contribution is -2.59. The number of amides is 6. The van der Waals surface area contributed by atoms with E-state index in [-0.39, 0.29) is 87.6 Å². The Morgan fingerprint density at radius 1 is 0.750 bits per heavy atom. The SMILES string of the molecule is CSCCC(NC(=O)C(CS)NC(=O)C(CO)NC(=S)c1[nH]c(C2CCCN2C(=O)C(Cc2ccc(C)cc2)NC(=O)C(CS)NC(=O)C(CO)NC(=O)CNC(=S)c2[nH]c(C(=O)CC(C)C)cc2O)cc1O)C(=O)O. The lowest BCUT2D eigenvalue weighted by molar-refractivity contribution is -0.142. The molecule has 1 aliphatic heterocycles. The molecule has 76 heavy (non-hydrogen) atoms. The first-order chi connectivity index (χ1) is 36.0. The highest BCUT2D eigenvalue weighted by Gasteiger charge is 2.38. The molecule has 0 spiro atoms. The van der Waals surface area contributed by atoms with E-state index in [4.69, 9.17) is 24.4 Å². The smallest absolute Gasteiger partial charge is 0.326 e. The van der Waals surface area contributed by atoms with Crippen molar-refractivity contribution >= 4 is 119 Å². The first-order valence-electron chi connectivity index (χ1n) is 24.0. The van der Waals surface area contributed by atoms with Gasteiger partial charge in [0.25, 0.3) is 0 Å². The van der Waals surface area contributed by atoms with Crippen molar-refractivity contribution in [3.05, 3.63) is 70.3 Å². The fourth-order valence-corrected chi connectivity index (χ4v) is 9.37. The van der Waals surface area contributed by atoms with E-state index in [9.17, 15) is 63.9 Å². The lowest BCUT2D eigenvalue weighted by Gasteiger charge is -2.30. The van der Waals surface area contributed by atoms with Crippen LogP contribution in [0.2, 0.25) is 0 Å². The fourth-order valence-electron chi connectivity index (χ4n) is 7.86. The number of aromatic amines is 2. The summed E-state index contributed by atoms with van der Waals surface area (Å²) in [5, 5.41) is 69.0. The molecular weight excluding hydrogens is 1080 g/mol. The molecule has 2 aromatic heterocycles. The molecule has 7 unspecified atom stereocenters. The number of hydrogen-bond acceptors (Lipinski definition) is 17. The van der Waals surface area contributed by atoms with Crippen LogP contribution in [0.5, 0.6) is 11.5 Å².